The van der Waals surface area contributed by atoms with Crippen molar-refractivity contribution in [3.8, 4) is 23.1 Å². The van der Waals surface area contributed by atoms with E-state index in [1.807, 2.05) is 42.6 Å². The maximum absolute atomic E-state index is 13.5. The molecule has 4 rings (SSSR count). The molecule has 3 aromatic carbocycles. The number of aromatic nitrogens is 1. The molecule has 0 amide bonds. The molecule has 30 heavy (non-hydrogen) atoms. The highest BCUT2D eigenvalue weighted by atomic mass is 19.2. The first-order valence-electron chi connectivity index (χ1n) is 9.69. The summed E-state index contributed by atoms with van der Waals surface area (Å²) in [4.78, 5) is 4.54. The second kappa shape index (κ2) is 8.71. The summed E-state index contributed by atoms with van der Waals surface area (Å²) in [6.45, 7) is 3.74. The lowest BCUT2D eigenvalue weighted by molar-refractivity contribution is 0.511. The Balaban J connectivity index is 1.51. The maximum Gasteiger partial charge on any atom is 0.159 e. The molecule has 0 spiro atoms. The minimum atomic E-state index is -0.856. The first-order chi connectivity index (χ1) is 14.6. The summed E-state index contributed by atoms with van der Waals surface area (Å²) in [5.41, 5.74) is 4.75. The van der Waals surface area contributed by atoms with Gasteiger partial charge in [0, 0.05) is 22.9 Å². The molecule has 0 aliphatic rings. The van der Waals surface area contributed by atoms with Crippen LogP contribution < -0.4 is 0 Å². The minimum absolute atomic E-state index is 0.624. The van der Waals surface area contributed by atoms with Crippen LogP contribution >= 0.6 is 0 Å². The smallest absolute Gasteiger partial charge is 0.159 e. The SMILES string of the molecule is C=CCCc1ccc(-c2ccc(C#Cc3ccc4cc(F)c(F)cc4c3)cc2)nc1. The number of rotatable bonds is 4. The van der Waals surface area contributed by atoms with E-state index >= 15 is 0 Å². The van der Waals surface area contributed by atoms with Crippen molar-refractivity contribution in [2.75, 3.05) is 0 Å². The maximum atomic E-state index is 13.5. The number of nitrogens with zero attached hydrogens (tertiary/aromatic N) is 1. The van der Waals surface area contributed by atoms with Crippen LogP contribution in [0.1, 0.15) is 23.1 Å². The van der Waals surface area contributed by atoms with E-state index in [1.165, 1.54) is 17.7 Å². The predicted molar refractivity (Wildman–Crippen MR) is 118 cm³/mol. The van der Waals surface area contributed by atoms with Crippen LogP contribution in [0.5, 0.6) is 0 Å². The number of benzene rings is 3. The van der Waals surface area contributed by atoms with E-state index < -0.39 is 11.6 Å². The molecule has 0 fully saturated rings. The molecule has 0 saturated heterocycles. The van der Waals surface area contributed by atoms with Gasteiger partial charge in [-0.3, -0.25) is 4.98 Å². The van der Waals surface area contributed by atoms with E-state index in [9.17, 15) is 8.78 Å². The molecule has 0 saturated carbocycles. The van der Waals surface area contributed by atoms with Gasteiger partial charge in [-0.1, -0.05) is 42.2 Å². The molecule has 3 heteroatoms. The largest absolute Gasteiger partial charge is 0.256 e. The zero-order valence-corrected chi connectivity index (χ0v) is 16.3. The van der Waals surface area contributed by atoms with Crippen LogP contribution in [0.25, 0.3) is 22.0 Å². The molecule has 0 atom stereocenters. The van der Waals surface area contributed by atoms with Gasteiger partial charge in [-0.2, -0.15) is 0 Å². The summed E-state index contributed by atoms with van der Waals surface area (Å²) < 4.78 is 26.8. The molecule has 1 nitrogen and oxygen atoms in total. The minimum Gasteiger partial charge on any atom is -0.256 e. The molecule has 0 radical (unpaired) electrons. The second-order valence-electron chi connectivity index (χ2n) is 7.03. The molecule has 146 valence electrons. The van der Waals surface area contributed by atoms with Crippen molar-refractivity contribution in [1.82, 2.24) is 4.98 Å². The summed E-state index contributed by atoms with van der Waals surface area (Å²) >= 11 is 0. The van der Waals surface area contributed by atoms with E-state index in [0.29, 0.717) is 10.8 Å². The lowest BCUT2D eigenvalue weighted by Crippen LogP contribution is -1.88. The number of pyridine rings is 1. The first-order valence-corrected chi connectivity index (χ1v) is 9.69. The number of hydrogen-bond donors (Lipinski definition) is 0. The lowest BCUT2D eigenvalue weighted by Gasteiger charge is -2.03. The Labute approximate surface area is 174 Å². The summed E-state index contributed by atoms with van der Waals surface area (Å²) in [7, 11) is 0. The van der Waals surface area contributed by atoms with Gasteiger partial charge in [0.2, 0.25) is 0 Å². The third-order valence-corrected chi connectivity index (χ3v) is 4.87. The molecule has 1 heterocycles. The highest BCUT2D eigenvalue weighted by Gasteiger charge is 2.04. The van der Waals surface area contributed by atoms with Crippen LogP contribution in [-0.4, -0.2) is 4.98 Å². The van der Waals surface area contributed by atoms with Crippen molar-refractivity contribution >= 4 is 10.8 Å². The normalized spacial score (nSPS) is 10.5. The number of halogens is 2. The highest BCUT2D eigenvalue weighted by molar-refractivity contribution is 5.84. The van der Waals surface area contributed by atoms with E-state index in [-0.39, 0.29) is 0 Å². The fourth-order valence-corrected chi connectivity index (χ4v) is 3.20. The van der Waals surface area contributed by atoms with Gasteiger partial charge in [0.15, 0.2) is 11.6 Å². The van der Waals surface area contributed by atoms with Gasteiger partial charge in [-0.15, -0.1) is 6.58 Å². The fraction of sp³-hybridized carbons (Fsp3) is 0.0741. The second-order valence-corrected chi connectivity index (χ2v) is 7.03. The van der Waals surface area contributed by atoms with E-state index in [1.54, 1.807) is 18.2 Å². The molecule has 0 aliphatic carbocycles. The van der Waals surface area contributed by atoms with Crippen LogP contribution in [0, 0.1) is 23.5 Å². The van der Waals surface area contributed by atoms with E-state index in [0.717, 1.165) is 35.2 Å². The van der Waals surface area contributed by atoms with Gasteiger partial charge < -0.3 is 0 Å². The Morgan fingerprint density at radius 1 is 0.800 bits per heavy atom. The average molecular weight is 395 g/mol. The molecule has 4 aromatic rings. The zero-order valence-electron chi connectivity index (χ0n) is 16.3. The van der Waals surface area contributed by atoms with Crippen LogP contribution in [0.2, 0.25) is 0 Å². The fourth-order valence-electron chi connectivity index (χ4n) is 3.20. The number of fused-ring (bicyclic) bond motifs is 1. The molecular weight excluding hydrogens is 376 g/mol. The standard InChI is InChI=1S/C27H19F2N/c1-2-3-4-21-10-14-27(30-18-21)22-11-7-19(8-12-22)5-6-20-9-13-23-16-25(28)26(29)17-24(23)15-20/h2,7-18H,1,3-4H2. The lowest BCUT2D eigenvalue weighted by atomic mass is 10.1. The van der Waals surface area contributed by atoms with Crippen molar-refractivity contribution in [3.63, 3.8) is 0 Å². The predicted octanol–water partition coefficient (Wildman–Crippen LogP) is 6.70. The third-order valence-electron chi connectivity index (χ3n) is 4.87. The summed E-state index contributed by atoms with van der Waals surface area (Å²) in [6, 6.07) is 19.7. The molecule has 0 unspecified atom stereocenters. The summed E-state index contributed by atoms with van der Waals surface area (Å²) in [6.07, 6.45) is 5.70. The monoisotopic (exact) mass is 395 g/mol. The van der Waals surface area contributed by atoms with Crippen LogP contribution in [0.4, 0.5) is 8.78 Å². The van der Waals surface area contributed by atoms with Crippen molar-refractivity contribution in [2.45, 2.75) is 12.8 Å². The Bertz CT molecular complexity index is 1260. The third kappa shape index (κ3) is 4.45. The zero-order chi connectivity index (χ0) is 20.9. The molecular formula is C27H19F2N. The van der Waals surface area contributed by atoms with Crippen molar-refractivity contribution < 1.29 is 8.78 Å². The Morgan fingerprint density at radius 3 is 2.20 bits per heavy atom. The molecule has 1 aromatic heterocycles. The average Bonchev–Trinajstić information content (AvgIpc) is 2.78. The van der Waals surface area contributed by atoms with Crippen LogP contribution in [-0.2, 0) is 6.42 Å². The quantitative estimate of drug-likeness (QED) is 0.277. The molecule has 0 N–H and O–H groups in total. The molecule has 0 aliphatic heterocycles. The summed E-state index contributed by atoms with van der Waals surface area (Å²) in [5, 5.41) is 1.27. The summed E-state index contributed by atoms with van der Waals surface area (Å²) in [5.74, 6) is 4.50. The highest BCUT2D eigenvalue weighted by Crippen LogP contribution is 2.20. The van der Waals surface area contributed by atoms with Gasteiger partial charge in [-0.25, -0.2) is 8.78 Å². The Morgan fingerprint density at radius 2 is 1.50 bits per heavy atom. The van der Waals surface area contributed by atoms with E-state index in [2.05, 4.69) is 29.5 Å². The Kier molecular flexibility index (Phi) is 5.68. The van der Waals surface area contributed by atoms with Gasteiger partial charge in [0.25, 0.3) is 0 Å². The number of aryl methyl sites for hydroxylation is 1. The van der Waals surface area contributed by atoms with Crippen LogP contribution in [0.3, 0.4) is 0 Å². The van der Waals surface area contributed by atoms with Crippen molar-refractivity contribution in [2.24, 2.45) is 0 Å². The van der Waals surface area contributed by atoms with Crippen LogP contribution in [0.15, 0.2) is 85.6 Å². The van der Waals surface area contributed by atoms with Crippen molar-refractivity contribution in [3.05, 3.63) is 114 Å². The van der Waals surface area contributed by atoms with E-state index in [4.69, 9.17) is 0 Å². The van der Waals surface area contributed by atoms with Gasteiger partial charge in [0.05, 0.1) is 5.69 Å². The Hall–Kier alpha value is -3.77. The van der Waals surface area contributed by atoms with Crippen molar-refractivity contribution in [1.29, 1.82) is 0 Å². The van der Waals surface area contributed by atoms with Gasteiger partial charge in [0.1, 0.15) is 0 Å². The van der Waals surface area contributed by atoms with Gasteiger partial charge >= 0.3 is 0 Å². The van der Waals surface area contributed by atoms with Gasteiger partial charge in [-0.05, 0) is 71.6 Å². The topological polar surface area (TPSA) is 12.9 Å². The molecule has 0 bridgehead atoms. The first kappa shape index (κ1) is 19.5. The number of allylic oxidation sites excluding steroid dienone is 1. The number of hydrogen-bond acceptors (Lipinski definition) is 1.